The number of nitrogens with one attached hydrogen (secondary N) is 2. The van der Waals surface area contributed by atoms with Crippen LogP contribution < -0.4 is 10.6 Å². The lowest BCUT2D eigenvalue weighted by Crippen LogP contribution is -2.01. The minimum atomic E-state index is 0.966. The molecule has 2 aliphatic rings. The molecule has 0 fully saturated rings. The highest BCUT2D eigenvalue weighted by atomic mass is 79.9. The summed E-state index contributed by atoms with van der Waals surface area (Å²) in [6.07, 6.45) is 0. The van der Waals surface area contributed by atoms with E-state index in [1.165, 1.54) is 41.8 Å². The van der Waals surface area contributed by atoms with Crippen LogP contribution in [0.5, 0.6) is 0 Å². The monoisotopic (exact) mass is 753 g/mol. The lowest BCUT2D eigenvalue weighted by molar-refractivity contribution is 1.31. The molecule has 0 spiro atoms. The van der Waals surface area contributed by atoms with Gasteiger partial charge in [0.05, 0.1) is 34.0 Å². The van der Waals surface area contributed by atoms with E-state index in [-0.39, 0.29) is 0 Å². The van der Waals surface area contributed by atoms with E-state index >= 15 is 0 Å². The molecule has 3 nitrogen and oxygen atoms in total. The van der Waals surface area contributed by atoms with E-state index in [9.17, 15) is 0 Å². The number of halogens is 1. The second-order valence-corrected chi connectivity index (χ2v) is 15.8. The third-order valence-corrected chi connectivity index (χ3v) is 12.3. The maximum Gasteiger partial charge on any atom is 0.0788 e. The first-order valence-corrected chi connectivity index (χ1v) is 19.2. The highest BCUT2D eigenvalue weighted by Crippen LogP contribution is 2.49. The van der Waals surface area contributed by atoms with Crippen LogP contribution in [0.1, 0.15) is 0 Å². The Morgan fingerprint density at radius 2 is 0.922 bits per heavy atom. The fourth-order valence-corrected chi connectivity index (χ4v) is 9.44. The standard InChI is InChI=1S/C45H28BrN3S2/c46-32-23-24-36-31(25-32)26-35(29-17-15-27(16-18-29)33-7-5-13-41-44(33)48-37-9-1-3-11-39(37)50-41)43(47-36)30-21-19-28(20-22-30)34-8-6-14-42-45(34)49-38-10-2-4-12-40(38)51-42/h1-26,48-49H. The van der Waals surface area contributed by atoms with Crippen LogP contribution in [0.2, 0.25) is 0 Å². The molecule has 0 saturated heterocycles. The number of anilines is 4. The summed E-state index contributed by atoms with van der Waals surface area (Å²) in [5.41, 5.74) is 14.6. The minimum absolute atomic E-state index is 0.966. The molecule has 6 heteroatoms. The van der Waals surface area contributed by atoms with Gasteiger partial charge in [0.15, 0.2) is 0 Å². The van der Waals surface area contributed by atoms with Gasteiger partial charge in [0.1, 0.15) is 0 Å². The average molecular weight is 755 g/mol. The summed E-state index contributed by atoms with van der Waals surface area (Å²) in [5.74, 6) is 0. The van der Waals surface area contributed by atoms with Gasteiger partial charge < -0.3 is 10.6 Å². The highest BCUT2D eigenvalue weighted by molar-refractivity contribution is 9.10. The Bertz CT molecular complexity index is 2650. The van der Waals surface area contributed by atoms with E-state index in [0.717, 1.165) is 60.5 Å². The first kappa shape index (κ1) is 30.5. The Balaban J connectivity index is 1.03. The van der Waals surface area contributed by atoms with E-state index < -0.39 is 0 Å². The number of rotatable bonds is 4. The minimum Gasteiger partial charge on any atom is -0.353 e. The lowest BCUT2D eigenvalue weighted by atomic mass is 9.94. The summed E-state index contributed by atoms with van der Waals surface area (Å²) in [6, 6.07) is 56.4. The van der Waals surface area contributed by atoms with Gasteiger partial charge in [-0.15, -0.1) is 0 Å². The topological polar surface area (TPSA) is 37.0 Å². The number of benzene rings is 7. The second-order valence-electron chi connectivity index (χ2n) is 12.7. The van der Waals surface area contributed by atoms with Gasteiger partial charge in [-0.3, -0.25) is 0 Å². The number of pyridine rings is 1. The largest absolute Gasteiger partial charge is 0.353 e. The van der Waals surface area contributed by atoms with Gasteiger partial charge in [-0.2, -0.15) is 0 Å². The number of hydrogen-bond donors (Lipinski definition) is 2. The molecule has 242 valence electrons. The normalized spacial score (nSPS) is 12.6. The molecular weight excluding hydrogens is 727 g/mol. The molecule has 10 rings (SSSR count). The molecule has 8 aromatic rings. The third-order valence-electron chi connectivity index (χ3n) is 9.54. The number of nitrogens with zero attached hydrogens (tertiary/aromatic N) is 1. The van der Waals surface area contributed by atoms with Crippen LogP contribution >= 0.6 is 39.5 Å². The number of para-hydroxylation sites is 4. The first-order valence-electron chi connectivity index (χ1n) is 16.8. The molecule has 0 unspecified atom stereocenters. The van der Waals surface area contributed by atoms with Crippen molar-refractivity contribution in [2.24, 2.45) is 0 Å². The Labute approximate surface area is 313 Å². The molecule has 1 aromatic heterocycles. The highest BCUT2D eigenvalue weighted by Gasteiger charge is 2.21. The molecule has 0 atom stereocenters. The summed E-state index contributed by atoms with van der Waals surface area (Å²) in [7, 11) is 0. The van der Waals surface area contributed by atoms with Crippen molar-refractivity contribution in [3.05, 3.63) is 162 Å². The van der Waals surface area contributed by atoms with E-state index in [1.54, 1.807) is 0 Å². The molecule has 7 aromatic carbocycles. The lowest BCUT2D eigenvalue weighted by Gasteiger charge is -2.23. The molecule has 2 N–H and O–H groups in total. The van der Waals surface area contributed by atoms with Gasteiger partial charge in [0.2, 0.25) is 0 Å². The van der Waals surface area contributed by atoms with Gasteiger partial charge in [-0.05, 0) is 77.4 Å². The number of aromatic nitrogens is 1. The molecule has 0 bridgehead atoms. The van der Waals surface area contributed by atoms with Crippen LogP contribution in [0.15, 0.2) is 182 Å². The van der Waals surface area contributed by atoms with Crippen LogP contribution in [0.3, 0.4) is 0 Å². The van der Waals surface area contributed by atoms with E-state index in [2.05, 4.69) is 184 Å². The summed E-state index contributed by atoms with van der Waals surface area (Å²) >= 11 is 7.31. The molecular formula is C45H28BrN3S2. The summed E-state index contributed by atoms with van der Waals surface area (Å²) in [6.45, 7) is 0. The van der Waals surface area contributed by atoms with Crippen molar-refractivity contribution in [2.75, 3.05) is 10.6 Å². The van der Waals surface area contributed by atoms with Crippen LogP contribution in [0.4, 0.5) is 22.7 Å². The van der Waals surface area contributed by atoms with E-state index in [4.69, 9.17) is 4.98 Å². The SMILES string of the molecule is Brc1ccc2nc(-c3ccc(-c4cccc5c4Nc4ccccc4S5)cc3)c(-c3ccc(-c4cccc5c4Nc4ccccc4S5)cc3)cc2c1. The van der Waals surface area contributed by atoms with Crippen molar-refractivity contribution in [3.63, 3.8) is 0 Å². The zero-order chi connectivity index (χ0) is 33.9. The molecule has 0 aliphatic carbocycles. The van der Waals surface area contributed by atoms with Crippen molar-refractivity contribution < 1.29 is 0 Å². The van der Waals surface area contributed by atoms with Gasteiger partial charge in [0.25, 0.3) is 0 Å². The smallest absolute Gasteiger partial charge is 0.0788 e. The zero-order valence-electron chi connectivity index (χ0n) is 27.2. The van der Waals surface area contributed by atoms with Crippen molar-refractivity contribution in [3.8, 4) is 44.6 Å². The Kier molecular flexibility index (Phi) is 7.49. The number of hydrogen-bond acceptors (Lipinski definition) is 5. The van der Waals surface area contributed by atoms with Crippen molar-refractivity contribution in [1.82, 2.24) is 4.98 Å². The summed E-state index contributed by atoms with van der Waals surface area (Å²) in [5, 5.41) is 8.51. The van der Waals surface area contributed by atoms with Crippen LogP contribution in [-0.2, 0) is 0 Å². The first-order chi connectivity index (χ1) is 25.1. The molecule has 3 heterocycles. The predicted octanol–water partition coefficient (Wildman–Crippen LogP) is 14.1. The van der Waals surface area contributed by atoms with Crippen molar-refractivity contribution >= 4 is 73.1 Å². The van der Waals surface area contributed by atoms with Crippen molar-refractivity contribution in [2.45, 2.75) is 19.6 Å². The fourth-order valence-electron chi connectivity index (χ4n) is 7.02. The molecule has 0 saturated carbocycles. The van der Waals surface area contributed by atoms with Gasteiger partial charge in [0, 0.05) is 51.7 Å². The summed E-state index contributed by atoms with van der Waals surface area (Å²) < 4.78 is 1.04. The van der Waals surface area contributed by atoms with Gasteiger partial charge in [-0.1, -0.05) is 137 Å². The summed E-state index contributed by atoms with van der Waals surface area (Å²) in [4.78, 5) is 10.2. The maximum absolute atomic E-state index is 5.27. The number of fused-ring (bicyclic) bond motifs is 5. The predicted molar refractivity (Wildman–Crippen MR) is 219 cm³/mol. The molecule has 0 radical (unpaired) electrons. The quantitative estimate of drug-likeness (QED) is 0.187. The van der Waals surface area contributed by atoms with Crippen LogP contribution in [0.25, 0.3) is 55.5 Å². The van der Waals surface area contributed by atoms with E-state index in [1.807, 2.05) is 23.5 Å². The molecule has 0 amide bonds. The fraction of sp³-hybridized carbons (Fsp3) is 0. The van der Waals surface area contributed by atoms with E-state index in [0.29, 0.717) is 0 Å². The molecule has 2 aliphatic heterocycles. The van der Waals surface area contributed by atoms with Crippen LogP contribution in [-0.4, -0.2) is 4.98 Å². The Morgan fingerprint density at radius 1 is 0.431 bits per heavy atom. The van der Waals surface area contributed by atoms with Crippen molar-refractivity contribution in [1.29, 1.82) is 0 Å². The zero-order valence-corrected chi connectivity index (χ0v) is 30.4. The second kappa shape index (κ2) is 12.5. The maximum atomic E-state index is 5.27. The third kappa shape index (κ3) is 5.51. The molecule has 51 heavy (non-hydrogen) atoms. The van der Waals surface area contributed by atoms with Gasteiger partial charge >= 0.3 is 0 Å². The Hall–Kier alpha value is -5.27. The van der Waals surface area contributed by atoms with Gasteiger partial charge in [-0.25, -0.2) is 4.98 Å². The van der Waals surface area contributed by atoms with Crippen LogP contribution in [0, 0.1) is 0 Å². The Morgan fingerprint density at radius 3 is 1.49 bits per heavy atom. The average Bonchev–Trinajstić information content (AvgIpc) is 3.18.